The molecule has 3 nitrogen and oxygen atoms in total. The van der Waals surface area contributed by atoms with E-state index in [-0.39, 0.29) is 10.7 Å². The van der Waals surface area contributed by atoms with Crippen molar-refractivity contribution in [2.75, 3.05) is 24.7 Å². The van der Waals surface area contributed by atoms with Crippen LogP contribution in [0.15, 0.2) is 24.3 Å². The van der Waals surface area contributed by atoms with E-state index in [4.69, 9.17) is 0 Å². The Morgan fingerprint density at radius 1 is 1.39 bits per heavy atom. The molecule has 1 atom stereocenters. The van der Waals surface area contributed by atoms with Gasteiger partial charge in [0.2, 0.25) is 0 Å². The Labute approximate surface area is 113 Å². The van der Waals surface area contributed by atoms with Crippen LogP contribution in [-0.4, -0.2) is 30.0 Å². The van der Waals surface area contributed by atoms with Crippen LogP contribution in [0.25, 0.3) is 0 Å². The molecule has 2 N–H and O–H groups in total. The van der Waals surface area contributed by atoms with E-state index in [0.717, 1.165) is 17.8 Å². The fraction of sp³-hybridized carbons (Fsp3) is 0.500. The van der Waals surface area contributed by atoms with Gasteiger partial charge in [0.25, 0.3) is 5.91 Å². The molecule has 2 rings (SSSR count). The van der Waals surface area contributed by atoms with E-state index in [1.165, 1.54) is 18.6 Å². The van der Waals surface area contributed by atoms with Gasteiger partial charge in [-0.3, -0.25) is 4.79 Å². The van der Waals surface area contributed by atoms with Gasteiger partial charge in [0.1, 0.15) is 0 Å². The standard InChI is InChI=1S/C14H20N2OS/c1-14(8-3-9-18-14)10-16-13(17)11-4-6-12(15-2)7-5-11/h4-7,15H,3,8-10H2,1-2H3,(H,16,17). The number of carbonyl (C=O) groups excluding carboxylic acids is 1. The minimum atomic E-state index is 0.0198. The van der Waals surface area contributed by atoms with Crippen molar-refractivity contribution in [1.29, 1.82) is 0 Å². The Bertz CT molecular complexity index is 410. The van der Waals surface area contributed by atoms with Gasteiger partial charge in [-0.25, -0.2) is 0 Å². The Morgan fingerprint density at radius 3 is 2.67 bits per heavy atom. The molecule has 0 radical (unpaired) electrons. The lowest BCUT2D eigenvalue weighted by molar-refractivity contribution is 0.0950. The zero-order valence-electron chi connectivity index (χ0n) is 11.0. The fourth-order valence-corrected chi connectivity index (χ4v) is 3.38. The molecule has 0 saturated carbocycles. The molecular formula is C14H20N2OS. The van der Waals surface area contributed by atoms with Crippen LogP contribution < -0.4 is 10.6 Å². The molecular weight excluding hydrogens is 244 g/mol. The van der Waals surface area contributed by atoms with E-state index in [9.17, 15) is 4.79 Å². The van der Waals surface area contributed by atoms with Gasteiger partial charge in [-0.05, 0) is 49.8 Å². The van der Waals surface area contributed by atoms with Gasteiger partial charge in [-0.1, -0.05) is 0 Å². The van der Waals surface area contributed by atoms with Crippen LogP contribution in [0.1, 0.15) is 30.1 Å². The summed E-state index contributed by atoms with van der Waals surface area (Å²) in [6, 6.07) is 7.54. The van der Waals surface area contributed by atoms with Crippen LogP contribution in [0.4, 0.5) is 5.69 Å². The highest BCUT2D eigenvalue weighted by molar-refractivity contribution is 8.00. The van der Waals surface area contributed by atoms with E-state index in [1.807, 2.05) is 43.1 Å². The first-order valence-electron chi connectivity index (χ1n) is 6.33. The maximum absolute atomic E-state index is 12.0. The zero-order chi connectivity index (χ0) is 13.0. The predicted octanol–water partition coefficient (Wildman–Crippen LogP) is 2.74. The lowest BCUT2D eigenvalue weighted by Gasteiger charge is -2.22. The van der Waals surface area contributed by atoms with E-state index in [0.29, 0.717) is 0 Å². The molecule has 1 saturated heterocycles. The van der Waals surface area contributed by atoms with Crippen LogP contribution in [0.5, 0.6) is 0 Å². The van der Waals surface area contributed by atoms with Crippen molar-refractivity contribution in [3.63, 3.8) is 0 Å². The van der Waals surface area contributed by atoms with Gasteiger partial charge in [0.15, 0.2) is 0 Å². The molecule has 0 spiro atoms. The van der Waals surface area contributed by atoms with Crippen molar-refractivity contribution in [3.8, 4) is 0 Å². The first-order valence-corrected chi connectivity index (χ1v) is 7.31. The summed E-state index contributed by atoms with van der Waals surface area (Å²) in [6.45, 7) is 2.99. The summed E-state index contributed by atoms with van der Waals surface area (Å²) in [5, 5.41) is 6.08. The second kappa shape index (κ2) is 5.65. The number of hydrogen-bond donors (Lipinski definition) is 2. The van der Waals surface area contributed by atoms with Crippen LogP contribution in [-0.2, 0) is 0 Å². The molecule has 0 bridgehead atoms. The Balaban J connectivity index is 1.90. The third kappa shape index (κ3) is 3.19. The SMILES string of the molecule is CNc1ccc(C(=O)NCC2(C)CCCS2)cc1. The summed E-state index contributed by atoms with van der Waals surface area (Å²) < 4.78 is 0.223. The highest BCUT2D eigenvalue weighted by Crippen LogP contribution is 2.36. The first kappa shape index (κ1) is 13.3. The number of amides is 1. The third-order valence-corrected chi connectivity index (χ3v) is 4.90. The van der Waals surface area contributed by atoms with Crippen molar-refractivity contribution in [2.45, 2.75) is 24.5 Å². The molecule has 1 fully saturated rings. The summed E-state index contributed by atoms with van der Waals surface area (Å²) in [5.41, 5.74) is 1.74. The van der Waals surface area contributed by atoms with Crippen molar-refractivity contribution in [2.24, 2.45) is 0 Å². The average molecular weight is 264 g/mol. The third-order valence-electron chi connectivity index (χ3n) is 3.36. The number of nitrogens with one attached hydrogen (secondary N) is 2. The number of benzene rings is 1. The van der Waals surface area contributed by atoms with E-state index in [2.05, 4.69) is 17.6 Å². The van der Waals surface area contributed by atoms with Crippen LogP contribution >= 0.6 is 11.8 Å². The predicted molar refractivity (Wildman–Crippen MR) is 78.4 cm³/mol. The minimum absolute atomic E-state index is 0.0198. The maximum atomic E-state index is 12.0. The molecule has 1 aromatic rings. The molecule has 18 heavy (non-hydrogen) atoms. The molecule has 4 heteroatoms. The van der Waals surface area contributed by atoms with Gasteiger partial charge < -0.3 is 10.6 Å². The second-order valence-electron chi connectivity index (χ2n) is 4.91. The number of hydrogen-bond acceptors (Lipinski definition) is 3. The van der Waals surface area contributed by atoms with E-state index >= 15 is 0 Å². The van der Waals surface area contributed by atoms with Crippen LogP contribution in [0.3, 0.4) is 0 Å². The molecule has 1 amide bonds. The summed E-state index contributed by atoms with van der Waals surface area (Å²) in [7, 11) is 1.87. The second-order valence-corrected chi connectivity index (χ2v) is 6.59. The molecule has 0 aliphatic carbocycles. The first-order chi connectivity index (χ1) is 8.63. The number of carbonyl (C=O) groups is 1. The molecule has 1 unspecified atom stereocenters. The highest BCUT2D eigenvalue weighted by atomic mass is 32.2. The van der Waals surface area contributed by atoms with Crippen LogP contribution in [0, 0.1) is 0 Å². The van der Waals surface area contributed by atoms with Gasteiger partial charge >= 0.3 is 0 Å². The Morgan fingerprint density at radius 2 is 2.11 bits per heavy atom. The molecule has 1 heterocycles. The summed E-state index contributed by atoms with van der Waals surface area (Å²) >= 11 is 1.96. The van der Waals surface area contributed by atoms with Gasteiger partial charge in [-0.15, -0.1) is 0 Å². The Hall–Kier alpha value is -1.16. The van der Waals surface area contributed by atoms with Crippen molar-refractivity contribution < 1.29 is 4.79 Å². The lowest BCUT2D eigenvalue weighted by Crippen LogP contribution is -2.36. The van der Waals surface area contributed by atoms with E-state index in [1.54, 1.807) is 0 Å². The summed E-state index contributed by atoms with van der Waals surface area (Å²) in [6.07, 6.45) is 2.45. The van der Waals surface area contributed by atoms with E-state index < -0.39 is 0 Å². The lowest BCUT2D eigenvalue weighted by atomic mass is 10.1. The molecule has 0 aromatic heterocycles. The van der Waals surface area contributed by atoms with Gasteiger partial charge in [0, 0.05) is 29.6 Å². The average Bonchev–Trinajstić information content (AvgIpc) is 2.83. The topological polar surface area (TPSA) is 41.1 Å². The molecule has 1 aliphatic rings. The van der Waals surface area contributed by atoms with Gasteiger partial charge in [-0.2, -0.15) is 11.8 Å². The largest absolute Gasteiger partial charge is 0.388 e. The minimum Gasteiger partial charge on any atom is -0.388 e. The monoisotopic (exact) mass is 264 g/mol. The highest BCUT2D eigenvalue weighted by Gasteiger charge is 2.29. The fourth-order valence-electron chi connectivity index (χ4n) is 2.13. The normalized spacial score (nSPS) is 22.8. The maximum Gasteiger partial charge on any atom is 0.251 e. The smallest absolute Gasteiger partial charge is 0.251 e. The van der Waals surface area contributed by atoms with Crippen molar-refractivity contribution in [3.05, 3.63) is 29.8 Å². The van der Waals surface area contributed by atoms with Crippen LogP contribution in [0.2, 0.25) is 0 Å². The molecule has 1 aromatic carbocycles. The quantitative estimate of drug-likeness (QED) is 0.878. The zero-order valence-corrected chi connectivity index (χ0v) is 11.8. The molecule has 98 valence electrons. The van der Waals surface area contributed by atoms with Crippen molar-refractivity contribution >= 4 is 23.4 Å². The summed E-state index contributed by atoms with van der Waals surface area (Å²) in [5.74, 6) is 1.23. The number of rotatable bonds is 4. The number of thioether (sulfide) groups is 1. The number of anilines is 1. The van der Waals surface area contributed by atoms with Crippen molar-refractivity contribution in [1.82, 2.24) is 5.32 Å². The summed E-state index contributed by atoms with van der Waals surface area (Å²) in [4.78, 5) is 12.0. The molecule has 1 aliphatic heterocycles. The Kier molecular flexibility index (Phi) is 4.17. The van der Waals surface area contributed by atoms with Gasteiger partial charge in [0.05, 0.1) is 0 Å².